The van der Waals surface area contributed by atoms with Gasteiger partial charge in [-0.15, -0.1) is 5.10 Å². The monoisotopic (exact) mass is 345 g/mol. The Labute approximate surface area is 146 Å². The summed E-state index contributed by atoms with van der Waals surface area (Å²) in [5.74, 6) is -0.558. The summed E-state index contributed by atoms with van der Waals surface area (Å²) in [6, 6.07) is 4.96. The van der Waals surface area contributed by atoms with Crippen molar-refractivity contribution in [3.05, 3.63) is 46.5 Å². The molecular weight excluding hydrogens is 321 g/mol. The minimum atomic E-state index is -0.314. The Hall–Kier alpha value is -2.28. The van der Waals surface area contributed by atoms with Crippen molar-refractivity contribution in [1.29, 1.82) is 0 Å². The van der Waals surface area contributed by atoms with Crippen molar-refractivity contribution < 1.29 is 9.18 Å². The Morgan fingerprint density at radius 1 is 1.36 bits per heavy atom. The fourth-order valence-corrected chi connectivity index (χ4v) is 3.18. The van der Waals surface area contributed by atoms with Gasteiger partial charge in [0.25, 0.3) is 5.91 Å². The third-order valence-electron chi connectivity index (χ3n) is 4.84. The van der Waals surface area contributed by atoms with Gasteiger partial charge in [0, 0.05) is 0 Å². The van der Waals surface area contributed by atoms with Crippen LogP contribution in [-0.4, -0.2) is 34.0 Å². The molecule has 1 unspecified atom stereocenters. The molecule has 0 spiro atoms. The molecule has 1 aliphatic rings. The molecule has 1 amide bonds. The SMILES string of the molecule is Cc1ccc(C(C)NC(=O)c2nnn(C3CCNCC3)c2C)cc1F. The van der Waals surface area contributed by atoms with Crippen LogP contribution in [0.4, 0.5) is 4.39 Å². The number of nitrogens with zero attached hydrogens (tertiary/aromatic N) is 3. The highest BCUT2D eigenvalue weighted by Crippen LogP contribution is 2.21. The lowest BCUT2D eigenvalue weighted by Crippen LogP contribution is -2.31. The Morgan fingerprint density at radius 3 is 2.76 bits per heavy atom. The topological polar surface area (TPSA) is 71.8 Å². The van der Waals surface area contributed by atoms with Crippen molar-refractivity contribution in [1.82, 2.24) is 25.6 Å². The summed E-state index contributed by atoms with van der Waals surface area (Å²) in [5.41, 5.74) is 2.41. The number of aryl methyl sites for hydroxylation is 1. The number of nitrogens with one attached hydrogen (secondary N) is 2. The lowest BCUT2D eigenvalue weighted by Gasteiger charge is -2.23. The molecule has 0 saturated carbocycles. The van der Waals surface area contributed by atoms with Gasteiger partial charge in [-0.05, 0) is 63.9 Å². The van der Waals surface area contributed by atoms with Gasteiger partial charge in [-0.25, -0.2) is 9.07 Å². The maximum atomic E-state index is 13.7. The molecule has 1 fully saturated rings. The quantitative estimate of drug-likeness (QED) is 0.893. The van der Waals surface area contributed by atoms with E-state index in [1.807, 2.05) is 24.6 Å². The molecule has 2 aromatic rings. The van der Waals surface area contributed by atoms with Crippen LogP contribution in [0.25, 0.3) is 0 Å². The first-order valence-electron chi connectivity index (χ1n) is 8.66. The fourth-order valence-electron chi connectivity index (χ4n) is 3.18. The second kappa shape index (κ2) is 7.31. The summed E-state index contributed by atoms with van der Waals surface area (Å²) in [5, 5.41) is 14.5. The first-order chi connectivity index (χ1) is 12.0. The van der Waals surface area contributed by atoms with Crippen LogP contribution in [0.15, 0.2) is 18.2 Å². The van der Waals surface area contributed by atoms with Gasteiger partial charge in [-0.1, -0.05) is 17.3 Å². The molecule has 0 radical (unpaired) electrons. The van der Waals surface area contributed by atoms with E-state index in [2.05, 4.69) is 20.9 Å². The predicted octanol–water partition coefficient (Wildman–Crippen LogP) is 2.45. The summed E-state index contributed by atoms with van der Waals surface area (Å²) in [6.07, 6.45) is 1.95. The Kier molecular flexibility index (Phi) is 5.13. The van der Waals surface area contributed by atoms with E-state index in [0.717, 1.165) is 37.2 Å². The van der Waals surface area contributed by atoms with E-state index in [0.29, 0.717) is 11.3 Å². The maximum Gasteiger partial charge on any atom is 0.274 e. The zero-order valence-electron chi connectivity index (χ0n) is 14.8. The number of hydrogen-bond donors (Lipinski definition) is 2. The van der Waals surface area contributed by atoms with Crippen molar-refractivity contribution in [3.8, 4) is 0 Å². The molecule has 3 rings (SSSR count). The van der Waals surface area contributed by atoms with Crippen molar-refractivity contribution in [2.45, 2.75) is 45.7 Å². The summed E-state index contributed by atoms with van der Waals surface area (Å²) in [6.45, 7) is 7.30. The molecule has 25 heavy (non-hydrogen) atoms. The summed E-state index contributed by atoms with van der Waals surface area (Å²) in [4.78, 5) is 12.6. The standard InChI is InChI=1S/C18H24FN5O/c1-11-4-5-14(10-16(11)19)12(2)21-18(25)17-13(3)24(23-22-17)15-6-8-20-9-7-15/h4-5,10,12,15,20H,6-9H2,1-3H3,(H,21,25). The zero-order chi connectivity index (χ0) is 18.0. The smallest absolute Gasteiger partial charge is 0.274 e. The fraction of sp³-hybridized carbons (Fsp3) is 0.500. The molecule has 1 atom stereocenters. The van der Waals surface area contributed by atoms with E-state index in [9.17, 15) is 9.18 Å². The van der Waals surface area contributed by atoms with E-state index in [4.69, 9.17) is 0 Å². The normalized spacial score (nSPS) is 16.6. The summed E-state index contributed by atoms with van der Waals surface area (Å²) in [7, 11) is 0. The molecular formula is C18H24FN5O. The number of carbonyl (C=O) groups excluding carboxylic acids is 1. The van der Waals surface area contributed by atoms with Gasteiger partial charge in [-0.3, -0.25) is 4.79 Å². The maximum absolute atomic E-state index is 13.7. The van der Waals surface area contributed by atoms with Gasteiger partial charge in [0.1, 0.15) is 5.82 Å². The van der Waals surface area contributed by atoms with Crippen LogP contribution in [0.2, 0.25) is 0 Å². The highest BCUT2D eigenvalue weighted by atomic mass is 19.1. The van der Waals surface area contributed by atoms with E-state index in [1.165, 1.54) is 6.07 Å². The molecule has 1 saturated heterocycles. The number of piperidine rings is 1. The second-order valence-electron chi connectivity index (χ2n) is 6.65. The van der Waals surface area contributed by atoms with Crippen LogP contribution in [0, 0.1) is 19.7 Å². The van der Waals surface area contributed by atoms with Crippen molar-refractivity contribution in [2.75, 3.05) is 13.1 Å². The molecule has 6 nitrogen and oxygen atoms in total. The molecule has 7 heteroatoms. The highest BCUT2D eigenvalue weighted by Gasteiger charge is 2.23. The Bertz CT molecular complexity index is 767. The molecule has 1 aromatic carbocycles. The van der Waals surface area contributed by atoms with E-state index >= 15 is 0 Å². The van der Waals surface area contributed by atoms with Gasteiger partial charge >= 0.3 is 0 Å². The Morgan fingerprint density at radius 2 is 2.08 bits per heavy atom. The summed E-state index contributed by atoms with van der Waals surface area (Å²) >= 11 is 0. The van der Waals surface area contributed by atoms with Gasteiger partial charge in [-0.2, -0.15) is 0 Å². The largest absolute Gasteiger partial charge is 0.344 e. The third kappa shape index (κ3) is 3.71. The van der Waals surface area contributed by atoms with Crippen molar-refractivity contribution >= 4 is 5.91 Å². The Balaban J connectivity index is 1.72. The number of amides is 1. The number of benzene rings is 1. The van der Waals surface area contributed by atoms with Gasteiger partial charge in [0.2, 0.25) is 0 Å². The van der Waals surface area contributed by atoms with E-state index < -0.39 is 0 Å². The van der Waals surface area contributed by atoms with Crippen LogP contribution in [-0.2, 0) is 0 Å². The zero-order valence-corrected chi connectivity index (χ0v) is 14.8. The first kappa shape index (κ1) is 17.5. The molecule has 0 aliphatic carbocycles. The number of carbonyl (C=O) groups is 1. The highest BCUT2D eigenvalue weighted by molar-refractivity contribution is 5.93. The molecule has 2 heterocycles. The minimum Gasteiger partial charge on any atom is -0.344 e. The van der Waals surface area contributed by atoms with Gasteiger partial charge in [0.15, 0.2) is 5.69 Å². The predicted molar refractivity (Wildman–Crippen MR) is 92.9 cm³/mol. The van der Waals surface area contributed by atoms with Crippen molar-refractivity contribution in [3.63, 3.8) is 0 Å². The van der Waals surface area contributed by atoms with Crippen LogP contribution >= 0.6 is 0 Å². The van der Waals surface area contributed by atoms with Crippen molar-refractivity contribution in [2.24, 2.45) is 0 Å². The van der Waals surface area contributed by atoms with Crippen LogP contribution in [0.5, 0.6) is 0 Å². The van der Waals surface area contributed by atoms with E-state index in [-0.39, 0.29) is 23.8 Å². The molecule has 2 N–H and O–H groups in total. The molecule has 1 aromatic heterocycles. The third-order valence-corrected chi connectivity index (χ3v) is 4.84. The van der Waals surface area contributed by atoms with E-state index in [1.54, 1.807) is 13.0 Å². The van der Waals surface area contributed by atoms with Crippen LogP contribution < -0.4 is 10.6 Å². The number of rotatable bonds is 4. The van der Waals surface area contributed by atoms with Crippen LogP contribution in [0.3, 0.4) is 0 Å². The summed E-state index contributed by atoms with van der Waals surface area (Å²) < 4.78 is 15.6. The number of halogens is 1. The molecule has 1 aliphatic heterocycles. The average Bonchev–Trinajstić information content (AvgIpc) is 2.99. The second-order valence-corrected chi connectivity index (χ2v) is 6.65. The average molecular weight is 345 g/mol. The molecule has 134 valence electrons. The van der Waals surface area contributed by atoms with Gasteiger partial charge < -0.3 is 10.6 Å². The van der Waals surface area contributed by atoms with Crippen LogP contribution in [0.1, 0.15) is 59.2 Å². The lowest BCUT2D eigenvalue weighted by molar-refractivity contribution is 0.0934. The minimum absolute atomic E-state index is 0.272. The number of aromatic nitrogens is 3. The number of hydrogen-bond acceptors (Lipinski definition) is 4. The lowest BCUT2D eigenvalue weighted by atomic mass is 10.1. The van der Waals surface area contributed by atoms with Gasteiger partial charge in [0.05, 0.1) is 17.8 Å². The molecule has 0 bridgehead atoms. The first-order valence-corrected chi connectivity index (χ1v) is 8.66.